The van der Waals surface area contributed by atoms with E-state index < -0.39 is 5.97 Å². The average Bonchev–Trinajstić information content (AvgIpc) is 2.15. The molecular weight excluding hydrogens is 176 g/mol. The number of carboxylic acid groups (broad SMARTS) is 1. The van der Waals surface area contributed by atoms with Crippen LogP contribution in [0.15, 0.2) is 0 Å². The SMILES string of the molecule is CCCCCC#CC#CCCC(=O)O. The van der Waals surface area contributed by atoms with Crippen LogP contribution < -0.4 is 0 Å². The molecule has 14 heavy (non-hydrogen) atoms. The topological polar surface area (TPSA) is 37.3 Å². The van der Waals surface area contributed by atoms with E-state index in [9.17, 15) is 4.79 Å². The summed E-state index contributed by atoms with van der Waals surface area (Å²) in [6.45, 7) is 2.15. The summed E-state index contributed by atoms with van der Waals surface area (Å²) in [5.41, 5.74) is 0. The number of rotatable bonds is 5. The van der Waals surface area contributed by atoms with Gasteiger partial charge in [0.1, 0.15) is 0 Å². The highest BCUT2D eigenvalue weighted by molar-refractivity contribution is 5.67. The van der Waals surface area contributed by atoms with E-state index >= 15 is 0 Å². The van der Waals surface area contributed by atoms with Gasteiger partial charge in [0.25, 0.3) is 0 Å². The molecule has 0 bridgehead atoms. The zero-order valence-electron chi connectivity index (χ0n) is 8.60. The summed E-state index contributed by atoms with van der Waals surface area (Å²) >= 11 is 0. The van der Waals surface area contributed by atoms with Crippen molar-refractivity contribution in [1.29, 1.82) is 0 Å². The summed E-state index contributed by atoms with van der Waals surface area (Å²) in [5, 5.41) is 8.31. The van der Waals surface area contributed by atoms with Crippen molar-refractivity contribution in [3.8, 4) is 23.7 Å². The molecular formula is C12H16O2. The Morgan fingerprint density at radius 2 is 1.79 bits per heavy atom. The summed E-state index contributed by atoms with van der Waals surface area (Å²) in [4.78, 5) is 10.1. The predicted molar refractivity (Wildman–Crippen MR) is 56.6 cm³/mol. The van der Waals surface area contributed by atoms with Gasteiger partial charge >= 0.3 is 5.97 Å². The Kier molecular flexibility index (Phi) is 8.70. The molecule has 2 heteroatoms. The highest BCUT2D eigenvalue weighted by Gasteiger charge is 1.90. The van der Waals surface area contributed by atoms with E-state index in [2.05, 4.69) is 30.6 Å². The number of carbonyl (C=O) groups is 1. The van der Waals surface area contributed by atoms with Crippen LogP contribution in [0.3, 0.4) is 0 Å². The molecule has 0 unspecified atom stereocenters. The zero-order chi connectivity index (χ0) is 10.6. The maximum absolute atomic E-state index is 10.1. The molecule has 0 aliphatic carbocycles. The molecule has 0 aliphatic rings. The molecule has 0 saturated carbocycles. The molecule has 0 aromatic rings. The second kappa shape index (κ2) is 9.68. The van der Waals surface area contributed by atoms with Gasteiger partial charge in [0.2, 0.25) is 0 Å². The minimum absolute atomic E-state index is 0.102. The van der Waals surface area contributed by atoms with Gasteiger partial charge in [-0.05, 0) is 18.3 Å². The molecule has 0 aromatic carbocycles. The van der Waals surface area contributed by atoms with E-state index in [0.717, 1.165) is 12.8 Å². The van der Waals surface area contributed by atoms with Crippen molar-refractivity contribution in [3.05, 3.63) is 0 Å². The first-order valence-electron chi connectivity index (χ1n) is 4.95. The Bertz CT molecular complexity index is 270. The van der Waals surface area contributed by atoms with Crippen molar-refractivity contribution < 1.29 is 9.90 Å². The highest BCUT2D eigenvalue weighted by Crippen LogP contribution is 1.96. The van der Waals surface area contributed by atoms with Crippen LogP contribution >= 0.6 is 0 Å². The molecule has 0 spiro atoms. The van der Waals surface area contributed by atoms with Crippen molar-refractivity contribution in [1.82, 2.24) is 0 Å². The van der Waals surface area contributed by atoms with Crippen LogP contribution in [0.4, 0.5) is 0 Å². The lowest BCUT2D eigenvalue weighted by Gasteiger charge is -1.86. The smallest absolute Gasteiger partial charge is 0.304 e. The van der Waals surface area contributed by atoms with Gasteiger partial charge in [-0.25, -0.2) is 0 Å². The third kappa shape index (κ3) is 10.6. The van der Waals surface area contributed by atoms with Crippen LogP contribution in [0, 0.1) is 23.7 Å². The van der Waals surface area contributed by atoms with Gasteiger partial charge in [-0.3, -0.25) is 4.79 Å². The Labute approximate surface area is 85.7 Å². The molecule has 0 radical (unpaired) electrons. The van der Waals surface area contributed by atoms with Crippen LogP contribution in [0.25, 0.3) is 0 Å². The summed E-state index contributed by atoms with van der Waals surface area (Å²) in [7, 11) is 0. The molecule has 0 fully saturated rings. The summed E-state index contributed by atoms with van der Waals surface area (Å²) in [6, 6.07) is 0. The largest absolute Gasteiger partial charge is 0.481 e. The number of aliphatic carboxylic acids is 1. The van der Waals surface area contributed by atoms with Gasteiger partial charge in [-0.2, -0.15) is 0 Å². The van der Waals surface area contributed by atoms with Crippen LogP contribution in [0.1, 0.15) is 45.4 Å². The van der Waals surface area contributed by atoms with Gasteiger partial charge in [0.05, 0.1) is 6.42 Å². The van der Waals surface area contributed by atoms with E-state index in [-0.39, 0.29) is 6.42 Å². The lowest BCUT2D eigenvalue weighted by molar-refractivity contribution is -0.136. The summed E-state index contributed by atoms with van der Waals surface area (Å²) in [6.07, 6.45) is 4.92. The van der Waals surface area contributed by atoms with E-state index in [1.807, 2.05) is 0 Å². The quantitative estimate of drug-likeness (QED) is 0.536. The number of hydrogen-bond donors (Lipinski definition) is 1. The first-order chi connectivity index (χ1) is 6.77. The van der Waals surface area contributed by atoms with Crippen LogP contribution in [-0.4, -0.2) is 11.1 Å². The van der Waals surface area contributed by atoms with Gasteiger partial charge in [0, 0.05) is 12.8 Å². The van der Waals surface area contributed by atoms with Gasteiger partial charge in [-0.1, -0.05) is 31.6 Å². The number of carboxylic acids is 1. The fraction of sp³-hybridized carbons (Fsp3) is 0.583. The third-order valence-corrected chi connectivity index (χ3v) is 1.61. The van der Waals surface area contributed by atoms with Crippen molar-refractivity contribution in [3.63, 3.8) is 0 Å². The summed E-state index contributed by atoms with van der Waals surface area (Å²) in [5.74, 6) is 10.2. The molecule has 0 heterocycles. The normalized spacial score (nSPS) is 8.07. The fourth-order valence-electron chi connectivity index (χ4n) is 0.846. The number of unbranched alkanes of at least 4 members (excludes halogenated alkanes) is 3. The minimum Gasteiger partial charge on any atom is -0.481 e. The van der Waals surface area contributed by atoms with E-state index in [4.69, 9.17) is 5.11 Å². The van der Waals surface area contributed by atoms with Crippen molar-refractivity contribution in [2.24, 2.45) is 0 Å². The first-order valence-corrected chi connectivity index (χ1v) is 4.95. The van der Waals surface area contributed by atoms with Crippen molar-refractivity contribution >= 4 is 5.97 Å². The monoisotopic (exact) mass is 192 g/mol. The Morgan fingerprint density at radius 1 is 1.14 bits per heavy atom. The van der Waals surface area contributed by atoms with Crippen molar-refractivity contribution in [2.75, 3.05) is 0 Å². The highest BCUT2D eigenvalue weighted by atomic mass is 16.4. The molecule has 76 valence electrons. The molecule has 0 saturated heterocycles. The van der Waals surface area contributed by atoms with Crippen LogP contribution in [-0.2, 0) is 4.79 Å². The second-order valence-corrected chi connectivity index (χ2v) is 2.95. The second-order valence-electron chi connectivity index (χ2n) is 2.95. The lowest BCUT2D eigenvalue weighted by atomic mass is 10.2. The molecule has 1 N–H and O–H groups in total. The summed E-state index contributed by atoms with van der Waals surface area (Å²) < 4.78 is 0. The van der Waals surface area contributed by atoms with Gasteiger partial charge < -0.3 is 5.11 Å². The van der Waals surface area contributed by atoms with Crippen LogP contribution in [0.2, 0.25) is 0 Å². The Morgan fingerprint density at radius 3 is 2.36 bits per heavy atom. The standard InChI is InChI=1S/C12H16O2/c1-2-3-4-5-6-7-8-9-10-11-12(13)14/h2-5,10-11H2,1H3,(H,13,14). The van der Waals surface area contributed by atoms with Crippen LogP contribution in [0.5, 0.6) is 0 Å². The van der Waals surface area contributed by atoms with E-state index in [1.54, 1.807) is 0 Å². The first kappa shape index (κ1) is 12.6. The van der Waals surface area contributed by atoms with Gasteiger partial charge in [0.15, 0.2) is 0 Å². The maximum Gasteiger partial charge on any atom is 0.304 e. The molecule has 0 atom stereocenters. The maximum atomic E-state index is 10.1. The predicted octanol–water partition coefficient (Wildman–Crippen LogP) is 2.44. The molecule has 0 rings (SSSR count). The molecule has 2 nitrogen and oxygen atoms in total. The number of hydrogen-bond acceptors (Lipinski definition) is 1. The zero-order valence-corrected chi connectivity index (χ0v) is 8.60. The fourth-order valence-corrected chi connectivity index (χ4v) is 0.846. The van der Waals surface area contributed by atoms with Gasteiger partial charge in [-0.15, -0.1) is 0 Å². The lowest BCUT2D eigenvalue weighted by Crippen LogP contribution is -1.91. The minimum atomic E-state index is -0.810. The third-order valence-electron chi connectivity index (χ3n) is 1.61. The molecule has 0 amide bonds. The average molecular weight is 192 g/mol. The molecule has 0 aromatic heterocycles. The van der Waals surface area contributed by atoms with E-state index in [1.165, 1.54) is 12.8 Å². The Balaban J connectivity index is 3.43. The Hall–Kier alpha value is -1.41. The van der Waals surface area contributed by atoms with Crippen molar-refractivity contribution in [2.45, 2.75) is 45.4 Å². The molecule has 0 aliphatic heterocycles. The van der Waals surface area contributed by atoms with E-state index in [0.29, 0.717) is 6.42 Å².